The van der Waals surface area contributed by atoms with E-state index in [1.54, 1.807) is 18.2 Å². The monoisotopic (exact) mass is 894 g/mol. The fourth-order valence-corrected chi connectivity index (χ4v) is 9.44. The Bertz CT molecular complexity index is 2300. The van der Waals surface area contributed by atoms with Gasteiger partial charge in [-0.2, -0.15) is 0 Å². The van der Waals surface area contributed by atoms with Gasteiger partial charge < -0.3 is 47.9 Å². The molecule has 0 spiro atoms. The van der Waals surface area contributed by atoms with Crippen molar-refractivity contribution < 1.29 is 55.8 Å². The molecular weight excluding hydrogens is 841 g/mol. The quantitative estimate of drug-likeness (QED) is 0.109. The van der Waals surface area contributed by atoms with Crippen LogP contribution in [0.15, 0.2) is 157 Å². The number of benzene rings is 5. The number of carbonyl (C=O) groups is 1. The molecule has 11 atom stereocenters. The van der Waals surface area contributed by atoms with E-state index in [0.717, 1.165) is 22.3 Å². The normalized spacial score (nSPS) is 28.2. The predicted molar refractivity (Wildman–Crippen MR) is 234 cm³/mol. The average Bonchev–Trinajstić information content (AvgIpc) is 3.33. The van der Waals surface area contributed by atoms with Crippen LogP contribution in [0.25, 0.3) is 0 Å². The van der Waals surface area contributed by atoms with Gasteiger partial charge >= 0.3 is 0 Å². The number of nitrogens with one attached hydrogen (secondary N) is 2. The van der Waals surface area contributed by atoms with Gasteiger partial charge in [0, 0.05) is 19.6 Å². The second-order valence-corrected chi connectivity index (χ2v) is 17.5. The maximum Gasteiger partial charge on any atom is 0.241 e. The van der Waals surface area contributed by atoms with Gasteiger partial charge in [-0.15, -0.1) is 0 Å². The highest BCUT2D eigenvalue weighted by molar-refractivity contribution is 7.89. The number of hydrogen-bond acceptors (Lipinski definition) is 12. The minimum atomic E-state index is -4.27. The van der Waals surface area contributed by atoms with Crippen LogP contribution in [-0.2, 0) is 77.3 Å². The van der Waals surface area contributed by atoms with Crippen molar-refractivity contribution in [2.24, 2.45) is 0 Å². The molecule has 3 aliphatic heterocycles. The molecular formula is C49H54N2O12S. The molecule has 8 rings (SSSR count). The molecule has 14 nitrogen and oxygen atoms in total. The standard InChI is InChI=1S/C49H54N2O12S/c1-33(52)50-41-46(44-40(60-48(41)55-2)32-59-47(62-44)37-24-14-6-15-25-37)63-49-42(51-64(53,54)38-26-16-7-17-27-38)45(58-30-36-22-12-5-13-23-36)43(57-29-35-20-10-4-11-21-35)39(61-49)31-56-28-34-18-8-3-9-19-34/h3-27,39-49,51H,28-32H2,1-2H3,(H,50,52)/t39-,40-,41-,42-,43-,44-,45-,46-,47-,48-,49+/m1/s1. The third kappa shape index (κ3) is 11.5. The van der Waals surface area contributed by atoms with Crippen molar-refractivity contribution in [3.05, 3.63) is 174 Å². The van der Waals surface area contributed by atoms with Crippen LogP contribution in [0, 0.1) is 0 Å². The molecule has 0 aromatic heterocycles. The van der Waals surface area contributed by atoms with Crippen LogP contribution in [0.1, 0.15) is 35.5 Å². The lowest BCUT2D eigenvalue weighted by Gasteiger charge is -2.52. The minimum absolute atomic E-state index is 0.00758. The Balaban J connectivity index is 1.21. The van der Waals surface area contributed by atoms with Crippen LogP contribution in [0.2, 0.25) is 0 Å². The van der Waals surface area contributed by atoms with Crippen molar-refractivity contribution in [2.45, 2.75) is 99.2 Å². The van der Waals surface area contributed by atoms with E-state index in [1.807, 2.05) is 121 Å². The number of rotatable bonds is 18. The molecule has 5 aromatic carbocycles. The van der Waals surface area contributed by atoms with Crippen LogP contribution in [-0.4, -0.2) is 95.9 Å². The lowest BCUT2D eigenvalue weighted by Crippen LogP contribution is -2.71. The zero-order valence-electron chi connectivity index (χ0n) is 35.6. The van der Waals surface area contributed by atoms with Crippen molar-refractivity contribution in [3.8, 4) is 0 Å². The van der Waals surface area contributed by atoms with E-state index >= 15 is 0 Å². The van der Waals surface area contributed by atoms with E-state index in [1.165, 1.54) is 26.2 Å². The molecule has 3 aliphatic rings. The summed E-state index contributed by atoms with van der Waals surface area (Å²) in [6, 6.07) is 44.2. The fraction of sp³-hybridized carbons (Fsp3) is 0.367. The zero-order chi connectivity index (χ0) is 44.3. The first kappa shape index (κ1) is 45.7. The maximum absolute atomic E-state index is 14.5. The topological polar surface area (TPSA) is 158 Å². The number of ether oxygens (including phenoxy) is 9. The Kier molecular flexibility index (Phi) is 15.6. The highest BCUT2D eigenvalue weighted by atomic mass is 32.2. The van der Waals surface area contributed by atoms with Crippen LogP contribution in [0.4, 0.5) is 0 Å². The summed E-state index contributed by atoms with van der Waals surface area (Å²) in [4.78, 5) is 13.0. The summed E-state index contributed by atoms with van der Waals surface area (Å²) in [6.07, 6.45) is -8.73. The van der Waals surface area contributed by atoms with Gasteiger partial charge in [-0.3, -0.25) is 4.79 Å². The summed E-state index contributed by atoms with van der Waals surface area (Å²) in [5.74, 6) is -0.383. The smallest absolute Gasteiger partial charge is 0.241 e. The van der Waals surface area contributed by atoms with Gasteiger partial charge in [-0.1, -0.05) is 140 Å². The second-order valence-electron chi connectivity index (χ2n) is 15.8. The number of amides is 1. The van der Waals surface area contributed by atoms with Crippen LogP contribution >= 0.6 is 0 Å². The van der Waals surface area contributed by atoms with Crippen LogP contribution in [0.5, 0.6) is 0 Å². The SMILES string of the molecule is CO[C@@H]1O[C@@H]2CO[C@@H](c3ccccc3)O[C@H]2[C@H](O[C@@H]2O[C@H](COCc3ccccc3)[C@@H](OCc3ccccc3)[C@H](OCc3ccccc3)[C@H]2NS(=O)(=O)c2ccccc2)[C@H]1NC(C)=O. The predicted octanol–water partition coefficient (Wildman–Crippen LogP) is 5.82. The lowest BCUT2D eigenvalue weighted by atomic mass is 9.93. The molecule has 15 heteroatoms. The first-order chi connectivity index (χ1) is 31.3. The van der Waals surface area contributed by atoms with Crippen molar-refractivity contribution in [3.63, 3.8) is 0 Å². The molecule has 3 saturated heterocycles. The first-order valence-corrected chi connectivity index (χ1v) is 22.8. The molecule has 3 heterocycles. The zero-order valence-corrected chi connectivity index (χ0v) is 36.4. The maximum atomic E-state index is 14.5. The number of carbonyl (C=O) groups excluding carboxylic acids is 1. The second kappa shape index (κ2) is 21.9. The Morgan fingerprint density at radius 1 is 0.641 bits per heavy atom. The van der Waals surface area contributed by atoms with E-state index in [2.05, 4.69) is 10.0 Å². The molecule has 2 N–H and O–H groups in total. The van der Waals surface area contributed by atoms with Gasteiger partial charge in [0.2, 0.25) is 15.9 Å². The molecule has 64 heavy (non-hydrogen) atoms. The van der Waals surface area contributed by atoms with Crippen molar-refractivity contribution in [1.82, 2.24) is 10.0 Å². The van der Waals surface area contributed by atoms with Gasteiger partial charge in [-0.05, 0) is 28.8 Å². The van der Waals surface area contributed by atoms with Crippen molar-refractivity contribution in [1.29, 1.82) is 0 Å². The summed E-state index contributed by atoms with van der Waals surface area (Å²) in [6.45, 7) is 1.98. The number of sulfonamides is 1. The summed E-state index contributed by atoms with van der Waals surface area (Å²) in [5.41, 5.74) is 3.43. The van der Waals surface area contributed by atoms with Gasteiger partial charge in [0.15, 0.2) is 18.9 Å². The minimum Gasteiger partial charge on any atom is -0.374 e. The van der Waals surface area contributed by atoms with E-state index in [4.69, 9.17) is 42.6 Å². The molecule has 0 aliphatic carbocycles. The lowest BCUT2D eigenvalue weighted by molar-refractivity contribution is -0.370. The van der Waals surface area contributed by atoms with Crippen LogP contribution in [0.3, 0.4) is 0 Å². The molecule has 338 valence electrons. The van der Waals surface area contributed by atoms with Gasteiger partial charge in [0.25, 0.3) is 0 Å². The summed E-state index contributed by atoms with van der Waals surface area (Å²) in [7, 11) is -2.81. The molecule has 0 radical (unpaired) electrons. The molecule has 3 fully saturated rings. The Morgan fingerprint density at radius 2 is 1.19 bits per heavy atom. The fourth-order valence-electron chi connectivity index (χ4n) is 8.18. The number of fused-ring (bicyclic) bond motifs is 1. The molecule has 1 amide bonds. The van der Waals surface area contributed by atoms with Crippen molar-refractivity contribution in [2.75, 3.05) is 20.3 Å². The van der Waals surface area contributed by atoms with E-state index < -0.39 is 77.6 Å². The molecule has 0 bridgehead atoms. The summed E-state index contributed by atoms with van der Waals surface area (Å²) in [5, 5.41) is 2.96. The third-order valence-corrected chi connectivity index (χ3v) is 12.7. The van der Waals surface area contributed by atoms with Gasteiger partial charge in [0.1, 0.15) is 48.7 Å². The van der Waals surface area contributed by atoms with Gasteiger partial charge in [-0.25, -0.2) is 13.1 Å². The van der Waals surface area contributed by atoms with Crippen LogP contribution < -0.4 is 10.0 Å². The largest absolute Gasteiger partial charge is 0.374 e. The summed E-state index contributed by atoms with van der Waals surface area (Å²) >= 11 is 0. The van der Waals surface area contributed by atoms with Gasteiger partial charge in [0.05, 0.1) is 37.9 Å². The van der Waals surface area contributed by atoms with Crippen molar-refractivity contribution >= 4 is 15.9 Å². The first-order valence-electron chi connectivity index (χ1n) is 21.3. The Labute approximate surface area is 374 Å². The van der Waals surface area contributed by atoms with E-state index in [0.29, 0.717) is 0 Å². The third-order valence-electron chi connectivity index (χ3n) is 11.3. The summed E-state index contributed by atoms with van der Waals surface area (Å²) < 4.78 is 91.0. The highest BCUT2D eigenvalue weighted by Crippen LogP contribution is 2.38. The Morgan fingerprint density at radius 3 is 1.77 bits per heavy atom. The van der Waals surface area contributed by atoms with E-state index in [9.17, 15) is 13.2 Å². The van der Waals surface area contributed by atoms with E-state index in [-0.39, 0.29) is 43.8 Å². The molecule has 5 aromatic rings. The highest BCUT2D eigenvalue weighted by Gasteiger charge is 2.56. The number of methoxy groups -OCH3 is 1. The molecule has 0 saturated carbocycles. The Hall–Kier alpha value is -4.88. The molecule has 0 unspecified atom stereocenters. The number of hydrogen-bond donors (Lipinski definition) is 2. The average molecular weight is 895 g/mol.